The van der Waals surface area contributed by atoms with Crippen LogP contribution in [-0.2, 0) is 4.79 Å². The average Bonchev–Trinajstić information content (AvgIpc) is 2.98. The van der Waals surface area contributed by atoms with Crippen LogP contribution in [0.15, 0.2) is 48.7 Å². The van der Waals surface area contributed by atoms with Gasteiger partial charge in [-0.3, -0.25) is 4.79 Å². The van der Waals surface area contributed by atoms with Crippen LogP contribution in [0.25, 0.3) is 5.57 Å². The summed E-state index contributed by atoms with van der Waals surface area (Å²) in [6, 6.07) is 14.4. The third-order valence-corrected chi connectivity index (χ3v) is 5.43. The molecule has 1 fully saturated rings. The molecule has 2 aliphatic rings. The highest BCUT2D eigenvalue weighted by atomic mass is 16.2. The van der Waals surface area contributed by atoms with Crippen molar-refractivity contribution >= 4 is 28.5 Å². The second-order valence-corrected chi connectivity index (χ2v) is 7.37. The lowest BCUT2D eigenvalue weighted by molar-refractivity contribution is -0.110. The van der Waals surface area contributed by atoms with Crippen molar-refractivity contribution < 1.29 is 4.79 Å². The zero-order valence-corrected chi connectivity index (χ0v) is 15.4. The van der Waals surface area contributed by atoms with Crippen molar-refractivity contribution in [2.45, 2.75) is 26.7 Å². The Labute approximate surface area is 154 Å². The van der Waals surface area contributed by atoms with Gasteiger partial charge in [-0.25, -0.2) is 0 Å². The molecule has 134 valence electrons. The Morgan fingerprint density at radius 3 is 2.58 bits per heavy atom. The number of hydrogen-bond donors (Lipinski definition) is 2. The Morgan fingerprint density at radius 1 is 1.12 bits per heavy atom. The molecule has 2 aromatic rings. The lowest BCUT2D eigenvalue weighted by Gasteiger charge is -2.32. The predicted octanol–water partition coefficient (Wildman–Crippen LogP) is 4.64. The highest BCUT2D eigenvalue weighted by Gasteiger charge is 2.25. The van der Waals surface area contributed by atoms with E-state index in [2.05, 4.69) is 46.7 Å². The number of carbonyl (C=O) groups is 1. The van der Waals surface area contributed by atoms with Gasteiger partial charge in [0.1, 0.15) is 0 Å². The van der Waals surface area contributed by atoms with Crippen LogP contribution in [0.2, 0.25) is 0 Å². The molecule has 2 aliphatic heterocycles. The minimum absolute atomic E-state index is 0.0548. The van der Waals surface area contributed by atoms with Crippen LogP contribution >= 0.6 is 0 Å². The lowest BCUT2D eigenvalue weighted by atomic mass is 9.99. The zero-order valence-electron chi connectivity index (χ0n) is 15.4. The minimum atomic E-state index is -0.0548. The molecule has 0 bridgehead atoms. The molecule has 0 saturated carbocycles. The summed E-state index contributed by atoms with van der Waals surface area (Å²) in [5.74, 6) is 0.781. The van der Waals surface area contributed by atoms with E-state index in [4.69, 9.17) is 0 Å². The van der Waals surface area contributed by atoms with Gasteiger partial charge in [-0.1, -0.05) is 19.1 Å². The van der Waals surface area contributed by atoms with E-state index in [1.165, 1.54) is 18.5 Å². The second kappa shape index (κ2) is 6.87. The normalized spacial score (nSPS) is 18.8. The van der Waals surface area contributed by atoms with Crippen LogP contribution in [0, 0.1) is 12.8 Å². The fourth-order valence-electron chi connectivity index (χ4n) is 3.76. The number of fused-ring (bicyclic) bond motifs is 1. The fraction of sp³-hybridized carbons (Fsp3) is 0.318. The molecule has 2 aromatic carbocycles. The van der Waals surface area contributed by atoms with E-state index >= 15 is 0 Å². The van der Waals surface area contributed by atoms with Crippen LogP contribution in [0.1, 0.15) is 30.9 Å². The van der Waals surface area contributed by atoms with E-state index in [1.807, 2.05) is 31.3 Å². The number of hydrogen-bond acceptors (Lipinski definition) is 3. The van der Waals surface area contributed by atoms with Crippen LogP contribution in [0.3, 0.4) is 0 Å². The standard InChI is InChI=1S/C22H25N3O/c1-15-10-12-25(13-11-15)18-8-6-17(7-9-18)23-14-19-21-16(2)4-3-5-20(21)24-22(19)26/h3-9,14-15,23H,10-13H2,1-2H3,(H,24,26). The van der Waals surface area contributed by atoms with Gasteiger partial charge in [0.05, 0.1) is 5.57 Å². The van der Waals surface area contributed by atoms with Crippen LogP contribution in [-0.4, -0.2) is 19.0 Å². The largest absolute Gasteiger partial charge is 0.372 e. The minimum Gasteiger partial charge on any atom is -0.372 e. The fourth-order valence-corrected chi connectivity index (χ4v) is 3.76. The molecular weight excluding hydrogens is 322 g/mol. The Bertz CT molecular complexity index is 846. The van der Waals surface area contributed by atoms with Crippen molar-refractivity contribution in [3.63, 3.8) is 0 Å². The van der Waals surface area contributed by atoms with E-state index in [0.29, 0.717) is 5.57 Å². The Kier molecular flexibility index (Phi) is 4.41. The van der Waals surface area contributed by atoms with Gasteiger partial charge in [-0.05, 0) is 61.6 Å². The molecule has 0 atom stereocenters. The number of nitrogens with one attached hydrogen (secondary N) is 2. The quantitative estimate of drug-likeness (QED) is 0.795. The SMILES string of the molecule is Cc1cccc2c1C(=CNc1ccc(N3CCC(C)CC3)cc1)C(=O)N2. The summed E-state index contributed by atoms with van der Waals surface area (Å²) in [5.41, 5.74) is 5.92. The molecule has 2 N–H and O–H groups in total. The maximum absolute atomic E-state index is 12.3. The Hall–Kier alpha value is -2.75. The molecule has 0 spiro atoms. The van der Waals surface area contributed by atoms with Crippen LogP contribution in [0.5, 0.6) is 0 Å². The average molecular weight is 347 g/mol. The second-order valence-electron chi connectivity index (χ2n) is 7.37. The molecule has 0 aliphatic carbocycles. The van der Waals surface area contributed by atoms with Crippen molar-refractivity contribution in [3.05, 3.63) is 59.8 Å². The lowest BCUT2D eigenvalue weighted by Crippen LogP contribution is -2.32. The molecule has 1 saturated heterocycles. The molecule has 26 heavy (non-hydrogen) atoms. The third-order valence-electron chi connectivity index (χ3n) is 5.43. The maximum Gasteiger partial charge on any atom is 0.257 e. The van der Waals surface area contributed by atoms with E-state index in [1.54, 1.807) is 0 Å². The van der Waals surface area contributed by atoms with Crippen molar-refractivity contribution in [3.8, 4) is 0 Å². The van der Waals surface area contributed by atoms with Gasteiger partial charge in [0, 0.05) is 41.9 Å². The first-order valence-electron chi connectivity index (χ1n) is 9.35. The summed E-state index contributed by atoms with van der Waals surface area (Å²) in [6.45, 7) is 6.63. The number of anilines is 3. The van der Waals surface area contributed by atoms with Gasteiger partial charge in [0.2, 0.25) is 0 Å². The number of amides is 1. The summed E-state index contributed by atoms with van der Waals surface area (Å²) < 4.78 is 0. The van der Waals surface area contributed by atoms with Crippen molar-refractivity contribution in [1.29, 1.82) is 0 Å². The Morgan fingerprint density at radius 2 is 1.85 bits per heavy atom. The summed E-state index contributed by atoms with van der Waals surface area (Å²) in [6.07, 6.45) is 4.34. The molecule has 0 unspecified atom stereocenters. The van der Waals surface area contributed by atoms with Gasteiger partial charge in [-0.2, -0.15) is 0 Å². The molecule has 4 rings (SSSR count). The molecule has 2 heterocycles. The van der Waals surface area contributed by atoms with E-state index in [0.717, 1.165) is 41.5 Å². The predicted molar refractivity (Wildman–Crippen MR) is 108 cm³/mol. The van der Waals surface area contributed by atoms with Gasteiger partial charge < -0.3 is 15.5 Å². The summed E-state index contributed by atoms with van der Waals surface area (Å²) in [5, 5.41) is 6.21. The van der Waals surface area contributed by atoms with Gasteiger partial charge >= 0.3 is 0 Å². The number of aryl methyl sites for hydroxylation is 1. The van der Waals surface area contributed by atoms with Crippen LogP contribution < -0.4 is 15.5 Å². The van der Waals surface area contributed by atoms with Crippen molar-refractivity contribution in [2.75, 3.05) is 28.6 Å². The molecule has 4 nitrogen and oxygen atoms in total. The maximum atomic E-state index is 12.3. The summed E-state index contributed by atoms with van der Waals surface area (Å²) >= 11 is 0. The smallest absolute Gasteiger partial charge is 0.257 e. The first-order chi connectivity index (χ1) is 12.6. The number of benzene rings is 2. The highest BCUT2D eigenvalue weighted by Crippen LogP contribution is 2.34. The first-order valence-corrected chi connectivity index (χ1v) is 9.35. The third kappa shape index (κ3) is 3.19. The first kappa shape index (κ1) is 16.7. The monoisotopic (exact) mass is 347 g/mol. The van der Waals surface area contributed by atoms with Crippen molar-refractivity contribution in [1.82, 2.24) is 0 Å². The molecular formula is C22H25N3O. The van der Waals surface area contributed by atoms with Gasteiger partial charge in [-0.15, -0.1) is 0 Å². The topological polar surface area (TPSA) is 44.4 Å². The zero-order chi connectivity index (χ0) is 18.1. The Balaban J connectivity index is 1.49. The summed E-state index contributed by atoms with van der Waals surface area (Å²) in [7, 11) is 0. The van der Waals surface area contributed by atoms with Gasteiger partial charge in [0.25, 0.3) is 5.91 Å². The van der Waals surface area contributed by atoms with Crippen molar-refractivity contribution in [2.24, 2.45) is 5.92 Å². The number of rotatable bonds is 3. The number of piperidine rings is 1. The van der Waals surface area contributed by atoms with E-state index in [9.17, 15) is 4.79 Å². The van der Waals surface area contributed by atoms with Gasteiger partial charge in [0.15, 0.2) is 0 Å². The molecule has 1 amide bonds. The summed E-state index contributed by atoms with van der Waals surface area (Å²) in [4.78, 5) is 14.7. The van der Waals surface area contributed by atoms with E-state index < -0.39 is 0 Å². The highest BCUT2D eigenvalue weighted by molar-refractivity contribution is 6.32. The molecule has 0 aromatic heterocycles. The van der Waals surface area contributed by atoms with Crippen LogP contribution in [0.4, 0.5) is 17.1 Å². The number of nitrogens with zero attached hydrogens (tertiary/aromatic N) is 1. The van der Waals surface area contributed by atoms with E-state index in [-0.39, 0.29) is 5.91 Å². The molecule has 0 radical (unpaired) electrons. The molecule has 4 heteroatoms. The number of carbonyl (C=O) groups excluding carboxylic acids is 1.